The van der Waals surface area contributed by atoms with Gasteiger partial charge in [-0.1, -0.05) is 13.0 Å². The summed E-state index contributed by atoms with van der Waals surface area (Å²) in [6.45, 7) is 4.11. The molecule has 4 atom stereocenters. The van der Waals surface area contributed by atoms with Crippen LogP contribution in [0.15, 0.2) is 17.5 Å². The Kier molecular flexibility index (Phi) is 7.05. The summed E-state index contributed by atoms with van der Waals surface area (Å²) >= 11 is 3.53. The van der Waals surface area contributed by atoms with Crippen LogP contribution in [0.4, 0.5) is 4.79 Å². The number of carbonyl (C=O) groups excluding carboxylic acids is 1. The maximum Gasteiger partial charge on any atom is 0.315 e. The van der Waals surface area contributed by atoms with Gasteiger partial charge in [0, 0.05) is 22.2 Å². The summed E-state index contributed by atoms with van der Waals surface area (Å²) in [5.74, 6) is 1.14. The van der Waals surface area contributed by atoms with E-state index < -0.39 is 6.10 Å². The van der Waals surface area contributed by atoms with Crippen molar-refractivity contribution in [3.05, 3.63) is 22.4 Å². The van der Waals surface area contributed by atoms with Crippen molar-refractivity contribution in [3.8, 4) is 0 Å². The zero-order valence-corrected chi connectivity index (χ0v) is 14.9. The highest BCUT2D eigenvalue weighted by Gasteiger charge is 2.26. The molecule has 4 nitrogen and oxygen atoms in total. The third-order valence-electron chi connectivity index (χ3n) is 3.95. The molecule has 2 amide bonds. The van der Waals surface area contributed by atoms with Crippen LogP contribution >= 0.6 is 23.1 Å². The molecular formula is C16H26N2O2S2. The molecule has 0 aromatic carbocycles. The molecule has 0 radical (unpaired) electrons. The summed E-state index contributed by atoms with van der Waals surface area (Å²) in [4.78, 5) is 13.0. The van der Waals surface area contributed by atoms with Gasteiger partial charge in [0.2, 0.25) is 0 Å². The van der Waals surface area contributed by atoms with Crippen LogP contribution in [-0.4, -0.2) is 34.2 Å². The van der Waals surface area contributed by atoms with Crippen LogP contribution in [0.2, 0.25) is 0 Å². The number of nitrogens with one attached hydrogen (secondary N) is 2. The minimum absolute atomic E-state index is 0.0562. The predicted molar refractivity (Wildman–Crippen MR) is 94.6 cm³/mol. The van der Waals surface area contributed by atoms with Gasteiger partial charge in [0.1, 0.15) is 0 Å². The number of thioether (sulfide) groups is 1. The fourth-order valence-corrected chi connectivity index (χ4v) is 4.77. The molecule has 1 fully saturated rings. The lowest BCUT2D eigenvalue weighted by molar-refractivity contribution is 0.157. The van der Waals surface area contributed by atoms with Gasteiger partial charge in [-0.25, -0.2) is 4.79 Å². The molecule has 22 heavy (non-hydrogen) atoms. The minimum atomic E-state index is -0.507. The number of rotatable bonds is 7. The van der Waals surface area contributed by atoms with Gasteiger partial charge in [-0.3, -0.25) is 0 Å². The van der Waals surface area contributed by atoms with Gasteiger partial charge >= 0.3 is 6.03 Å². The molecule has 1 saturated carbocycles. The Labute approximate surface area is 141 Å². The van der Waals surface area contributed by atoms with Crippen molar-refractivity contribution in [2.24, 2.45) is 0 Å². The van der Waals surface area contributed by atoms with Gasteiger partial charge in [0.05, 0.1) is 6.10 Å². The number of urea groups is 1. The van der Waals surface area contributed by atoms with E-state index in [1.165, 1.54) is 6.42 Å². The molecule has 1 aromatic rings. The number of carbonyl (C=O) groups is 1. The second-order valence-corrected chi connectivity index (χ2v) is 8.43. The molecule has 0 aliphatic heterocycles. The van der Waals surface area contributed by atoms with Crippen LogP contribution in [-0.2, 0) is 0 Å². The number of hydrogen-bond acceptors (Lipinski definition) is 4. The highest BCUT2D eigenvalue weighted by Crippen LogP contribution is 2.29. The van der Waals surface area contributed by atoms with Gasteiger partial charge in [-0.05, 0) is 49.8 Å². The van der Waals surface area contributed by atoms with E-state index in [2.05, 4.69) is 17.6 Å². The normalized spacial score (nSPS) is 24.0. The van der Waals surface area contributed by atoms with Crippen molar-refractivity contribution in [2.45, 2.75) is 63.0 Å². The fourth-order valence-electron chi connectivity index (χ4n) is 2.90. The minimum Gasteiger partial charge on any atom is -0.387 e. The lowest BCUT2D eigenvalue weighted by atomic mass is 10.1. The van der Waals surface area contributed by atoms with Crippen LogP contribution < -0.4 is 10.6 Å². The summed E-state index contributed by atoms with van der Waals surface area (Å²) < 4.78 is 0. The van der Waals surface area contributed by atoms with E-state index in [0.717, 1.165) is 23.5 Å². The Balaban J connectivity index is 1.68. The zero-order chi connectivity index (χ0) is 15.9. The van der Waals surface area contributed by atoms with Crippen LogP contribution in [0.1, 0.15) is 50.5 Å². The van der Waals surface area contributed by atoms with Crippen molar-refractivity contribution in [1.29, 1.82) is 0 Å². The van der Waals surface area contributed by atoms with Gasteiger partial charge in [-0.15, -0.1) is 11.3 Å². The summed E-state index contributed by atoms with van der Waals surface area (Å²) in [6.07, 6.45) is 3.35. The van der Waals surface area contributed by atoms with E-state index in [0.29, 0.717) is 17.7 Å². The second-order valence-electron chi connectivity index (χ2n) is 5.87. The maximum absolute atomic E-state index is 12.0. The van der Waals surface area contributed by atoms with Crippen molar-refractivity contribution in [2.75, 3.05) is 5.75 Å². The molecule has 1 aliphatic carbocycles. The van der Waals surface area contributed by atoms with Crippen molar-refractivity contribution in [1.82, 2.24) is 10.6 Å². The molecule has 3 N–H and O–H groups in total. The van der Waals surface area contributed by atoms with Crippen molar-refractivity contribution in [3.63, 3.8) is 0 Å². The SMILES string of the molecule is CCSC1CCC(NC(=O)NC(C)CC(O)c2cccs2)C1. The first-order chi connectivity index (χ1) is 10.6. The molecule has 0 bridgehead atoms. The number of thiophene rings is 1. The highest BCUT2D eigenvalue weighted by molar-refractivity contribution is 7.99. The molecule has 124 valence electrons. The van der Waals surface area contributed by atoms with E-state index in [4.69, 9.17) is 0 Å². The van der Waals surface area contributed by atoms with Crippen molar-refractivity contribution >= 4 is 29.1 Å². The van der Waals surface area contributed by atoms with E-state index in [9.17, 15) is 9.90 Å². The summed E-state index contributed by atoms with van der Waals surface area (Å²) in [5, 5.41) is 18.7. The molecule has 2 rings (SSSR count). The van der Waals surface area contributed by atoms with Gasteiger partial charge in [0.25, 0.3) is 0 Å². The summed E-state index contributed by atoms with van der Waals surface area (Å²) in [7, 11) is 0. The summed E-state index contributed by atoms with van der Waals surface area (Å²) in [5.41, 5.74) is 0. The number of aliphatic hydroxyl groups excluding tert-OH is 1. The fraction of sp³-hybridized carbons (Fsp3) is 0.688. The molecule has 0 spiro atoms. The van der Waals surface area contributed by atoms with Gasteiger partial charge < -0.3 is 15.7 Å². The van der Waals surface area contributed by atoms with E-state index in [1.54, 1.807) is 11.3 Å². The molecule has 1 aliphatic rings. The smallest absolute Gasteiger partial charge is 0.315 e. The molecule has 6 heteroatoms. The average Bonchev–Trinajstić information content (AvgIpc) is 3.10. The van der Waals surface area contributed by atoms with Crippen LogP contribution in [0, 0.1) is 0 Å². The Hall–Kier alpha value is -0.720. The Morgan fingerprint density at radius 1 is 1.55 bits per heavy atom. The quantitative estimate of drug-likeness (QED) is 0.710. The third kappa shape index (κ3) is 5.48. The zero-order valence-electron chi connectivity index (χ0n) is 13.2. The van der Waals surface area contributed by atoms with Gasteiger partial charge in [0.15, 0.2) is 0 Å². The second kappa shape index (κ2) is 8.79. The Morgan fingerprint density at radius 2 is 2.36 bits per heavy atom. The van der Waals surface area contributed by atoms with E-state index >= 15 is 0 Å². The van der Waals surface area contributed by atoms with Crippen LogP contribution in [0.3, 0.4) is 0 Å². The largest absolute Gasteiger partial charge is 0.387 e. The number of aliphatic hydroxyl groups is 1. The van der Waals surface area contributed by atoms with E-state index in [1.807, 2.05) is 36.2 Å². The van der Waals surface area contributed by atoms with Crippen LogP contribution in [0.25, 0.3) is 0 Å². The van der Waals surface area contributed by atoms with Crippen LogP contribution in [0.5, 0.6) is 0 Å². The molecular weight excluding hydrogens is 316 g/mol. The topological polar surface area (TPSA) is 61.4 Å². The maximum atomic E-state index is 12.0. The van der Waals surface area contributed by atoms with Gasteiger partial charge in [-0.2, -0.15) is 11.8 Å². The summed E-state index contributed by atoms with van der Waals surface area (Å²) in [6, 6.07) is 3.97. The average molecular weight is 343 g/mol. The predicted octanol–water partition coefficient (Wildman–Crippen LogP) is 3.53. The third-order valence-corrected chi connectivity index (χ3v) is 6.15. The molecule has 4 unspecified atom stereocenters. The number of hydrogen-bond donors (Lipinski definition) is 3. The van der Waals surface area contributed by atoms with Crippen molar-refractivity contribution < 1.29 is 9.90 Å². The molecule has 1 heterocycles. The lowest BCUT2D eigenvalue weighted by Crippen LogP contribution is -2.45. The molecule has 0 saturated heterocycles. The Morgan fingerprint density at radius 3 is 3.05 bits per heavy atom. The first-order valence-electron chi connectivity index (χ1n) is 7.98. The monoisotopic (exact) mass is 342 g/mol. The first-order valence-corrected chi connectivity index (χ1v) is 9.91. The first kappa shape index (κ1) is 17.6. The standard InChI is InChI=1S/C16H26N2O2S2/c1-3-21-13-7-6-12(10-13)18-16(20)17-11(2)9-14(19)15-5-4-8-22-15/h4-5,8,11-14,19H,3,6-7,9-10H2,1-2H3,(H2,17,18,20). The lowest BCUT2D eigenvalue weighted by Gasteiger charge is -2.19. The Bertz CT molecular complexity index is 453. The number of amides is 2. The highest BCUT2D eigenvalue weighted by atomic mass is 32.2. The molecule has 1 aromatic heterocycles. The van der Waals surface area contributed by atoms with E-state index in [-0.39, 0.29) is 12.1 Å².